The summed E-state index contributed by atoms with van der Waals surface area (Å²) in [7, 11) is 3.50. The summed E-state index contributed by atoms with van der Waals surface area (Å²) < 4.78 is 15.6. The van der Waals surface area contributed by atoms with E-state index in [0.717, 1.165) is 73.0 Å². The first-order valence-electron chi connectivity index (χ1n) is 10.5. The number of rotatable bonds is 8. The van der Waals surface area contributed by atoms with Crippen LogP contribution < -0.4 is 19.7 Å². The maximum atomic E-state index is 5.74. The number of aliphatic imine (C=N–C) groups is 1. The molecule has 0 spiro atoms. The van der Waals surface area contributed by atoms with Gasteiger partial charge in [-0.25, -0.2) is 4.98 Å². The molecule has 8 nitrogen and oxygen atoms in total. The molecule has 3 rings (SSSR count). The average molecular weight is 433 g/mol. The number of ether oxygens (including phenoxy) is 2. The number of anilines is 1. The molecule has 0 bridgehead atoms. The van der Waals surface area contributed by atoms with Crippen molar-refractivity contribution in [1.29, 1.82) is 0 Å². The van der Waals surface area contributed by atoms with Crippen LogP contribution in [0.5, 0.6) is 11.5 Å². The molecule has 0 amide bonds. The normalized spacial score (nSPS) is 14.7. The van der Waals surface area contributed by atoms with Crippen LogP contribution in [0.3, 0.4) is 0 Å². The third kappa shape index (κ3) is 5.53. The molecule has 1 aromatic carbocycles. The van der Waals surface area contributed by atoms with Gasteiger partial charge in [0.15, 0.2) is 17.5 Å². The van der Waals surface area contributed by atoms with E-state index < -0.39 is 0 Å². The second-order valence-corrected chi connectivity index (χ2v) is 7.79. The number of hydrogen-bond donors (Lipinski definition) is 1. The molecule has 1 aliphatic heterocycles. The Morgan fingerprint density at radius 2 is 2.00 bits per heavy atom. The lowest BCUT2D eigenvalue weighted by molar-refractivity contribution is 0.294. The monoisotopic (exact) mass is 432 g/mol. The average Bonchev–Trinajstić information content (AvgIpc) is 3.28. The van der Waals surface area contributed by atoms with Crippen molar-refractivity contribution in [2.45, 2.75) is 33.2 Å². The first-order valence-corrected chi connectivity index (χ1v) is 11.3. The van der Waals surface area contributed by atoms with Gasteiger partial charge in [0.2, 0.25) is 5.13 Å². The van der Waals surface area contributed by atoms with Crippen LogP contribution in [0.2, 0.25) is 0 Å². The van der Waals surface area contributed by atoms with Crippen molar-refractivity contribution in [3.63, 3.8) is 0 Å². The Bertz CT molecular complexity index is 833. The molecule has 2 heterocycles. The lowest BCUT2D eigenvalue weighted by Crippen LogP contribution is -2.52. The standard InChI is InChI=1S/C21H32N6O2S/c1-5-13-29-17-8-7-16(14-18(17)28-4)15-23-20(22-3)26-9-11-27(12-10-26)21-24-19(6-2)25-30-21/h7-8,14H,5-6,9-13,15H2,1-4H3,(H,22,23). The minimum Gasteiger partial charge on any atom is -0.493 e. The number of nitrogens with one attached hydrogen (secondary N) is 1. The lowest BCUT2D eigenvalue weighted by atomic mass is 10.2. The van der Waals surface area contributed by atoms with E-state index in [1.165, 1.54) is 11.5 Å². The summed E-state index contributed by atoms with van der Waals surface area (Å²) in [5, 5.41) is 4.49. The molecule has 0 saturated carbocycles. The number of aromatic nitrogens is 2. The Morgan fingerprint density at radius 3 is 2.63 bits per heavy atom. The molecule has 0 radical (unpaired) electrons. The number of aryl methyl sites for hydroxylation is 1. The fourth-order valence-corrected chi connectivity index (χ4v) is 4.09. The highest BCUT2D eigenvalue weighted by atomic mass is 32.1. The van der Waals surface area contributed by atoms with Crippen LogP contribution in [-0.4, -0.2) is 67.2 Å². The minimum absolute atomic E-state index is 0.674. The van der Waals surface area contributed by atoms with Crippen molar-refractivity contribution >= 4 is 22.6 Å². The molecule has 1 aliphatic rings. The van der Waals surface area contributed by atoms with Gasteiger partial charge in [0, 0.05) is 57.7 Å². The second kappa shape index (κ2) is 11.0. The van der Waals surface area contributed by atoms with Crippen molar-refractivity contribution in [3.05, 3.63) is 29.6 Å². The Morgan fingerprint density at radius 1 is 1.20 bits per heavy atom. The molecule has 2 aromatic rings. The van der Waals surface area contributed by atoms with Crippen molar-refractivity contribution in [2.75, 3.05) is 51.8 Å². The van der Waals surface area contributed by atoms with Gasteiger partial charge < -0.3 is 24.6 Å². The largest absolute Gasteiger partial charge is 0.493 e. The Kier molecular flexibility index (Phi) is 8.12. The fraction of sp³-hybridized carbons (Fsp3) is 0.571. The molecular formula is C21H32N6O2S. The van der Waals surface area contributed by atoms with Crippen LogP contribution in [-0.2, 0) is 13.0 Å². The number of hydrogen-bond acceptors (Lipinski definition) is 7. The van der Waals surface area contributed by atoms with E-state index in [4.69, 9.17) is 9.47 Å². The summed E-state index contributed by atoms with van der Waals surface area (Å²) in [4.78, 5) is 13.7. The van der Waals surface area contributed by atoms with Gasteiger partial charge in [0.1, 0.15) is 5.82 Å². The quantitative estimate of drug-likeness (QED) is 0.508. The van der Waals surface area contributed by atoms with E-state index in [2.05, 4.69) is 49.4 Å². The zero-order chi connectivity index (χ0) is 21.3. The van der Waals surface area contributed by atoms with Crippen LogP contribution in [0.25, 0.3) is 0 Å². The van der Waals surface area contributed by atoms with Crippen molar-refractivity contribution < 1.29 is 9.47 Å². The zero-order valence-electron chi connectivity index (χ0n) is 18.3. The first kappa shape index (κ1) is 22.1. The van der Waals surface area contributed by atoms with Gasteiger partial charge in [-0.2, -0.15) is 4.37 Å². The number of nitrogens with zero attached hydrogens (tertiary/aromatic N) is 5. The smallest absolute Gasteiger partial charge is 0.205 e. The minimum atomic E-state index is 0.674. The Labute approximate surface area is 183 Å². The number of methoxy groups -OCH3 is 1. The van der Waals surface area contributed by atoms with Crippen molar-refractivity contribution in [1.82, 2.24) is 19.6 Å². The number of piperazine rings is 1. The summed E-state index contributed by atoms with van der Waals surface area (Å²) >= 11 is 1.49. The van der Waals surface area contributed by atoms with E-state index in [1.807, 2.05) is 19.2 Å². The van der Waals surface area contributed by atoms with E-state index in [9.17, 15) is 0 Å². The molecule has 0 aliphatic carbocycles. The lowest BCUT2D eigenvalue weighted by Gasteiger charge is -2.36. The maximum Gasteiger partial charge on any atom is 0.205 e. The fourth-order valence-electron chi connectivity index (χ4n) is 3.29. The van der Waals surface area contributed by atoms with Gasteiger partial charge in [-0.05, 0) is 24.1 Å². The molecule has 1 fully saturated rings. The molecule has 30 heavy (non-hydrogen) atoms. The van der Waals surface area contributed by atoms with Crippen molar-refractivity contribution in [3.8, 4) is 11.5 Å². The number of benzene rings is 1. The summed E-state index contributed by atoms with van der Waals surface area (Å²) in [5.41, 5.74) is 1.12. The molecule has 1 saturated heterocycles. The molecule has 9 heteroatoms. The third-order valence-electron chi connectivity index (χ3n) is 4.98. The summed E-state index contributed by atoms with van der Waals surface area (Å²) in [5.74, 6) is 3.38. The van der Waals surface area contributed by atoms with Crippen LogP contribution >= 0.6 is 11.5 Å². The van der Waals surface area contributed by atoms with E-state index >= 15 is 0 Å². The molecular weight excluding hydrogens is 400 g/mol. The number of guanidine groups is 1. The van der Waals surface area contributed by atoms with Gasteiger partial charge in [-0.1, -0.05) is 19.9 Å². The van der Waals surface area contributed by atoms with Gasteiger partial charge in [0.05, 0.1) is 13.7 Å². The maximum absolute atomic E-state index is 5.74. The zero-order valence-corrected chi connectivity index (χ0v) is 19.2. The molecule has 0 atom stereocenters. The van der Waals surface area contributed by atoms with E-state index in [1.54, 1.807) is 7.11 Å². The summed E-state index contributed by atoms with van der Waals surface area (Å²) in [6.07, 6.45) is 1.85. The SMILES string of the molecule is CCCOc1ccc(CNC(=NC)N2CCN(c3nc(CC)ns3)CC2)cc1OC. The van der Waals surface area contributed by atoms with Crippen LogP contribution in [0.1, 0.15) is 31.7 Å². The molecule has 164 valence electrons. The summed E-state index contributed by atoms with van der Waals surface area (Å²) in [6, 6.07) is 6.05. The van der Waals surface area contributed by atoms with Gasteiger partial charge in [-0.3, -0.25) is 4.99 Å². The highest BCUT2D eigenvalue weighted by molar-refractivity contribution is 7.09. The van der Waals surface area contributed by atoms with E-state index in [-0.39, 0.29) is 0 Å². The summed E-state index contributed by atoms with van der Waals surface area (Å²) in [6.45, 7) is 9.15. The van der Waals surface area contributed by atoms with Gasteiger partial charge in [-0.15, -0.1) is 0 Å². The highest BCUT2D eigenvalue weighted by Gasteiger charge is 2.22. The molecule has 0 unspecified atom stereocenters. The topological polar surface area (TPSA) is 75.1 Å². The predicted octanol–water partition coefficient (Wildman–Crippen LogP) is 2.80. The Hall–Kier alpha value is -2.55. The molecule has 1 N–H and O–H groups in total. The van der Waals surface area contributed by atoms with Gasteiger partial charge in [0.25, 0.3) is 0 Å². The van der Waals surface area contributed by atoms with Crippen molar-refractivity contribution in [2.24, 2.45) is 4.99 Å². The Balaban J connectivity index is 1.54. The van der Waals surface area contributed by atoms with Crippen LogP contribution in [0.4, 0.5) is 5.13 Å². The third-order valence-corrected chi connectivity index (χ3v) is 5.79. The van der Waals surface area contributed by atoms with E-state index in [0.29, 0.717) is 13.2 Å². The molecule has 1 aromatic heterocycles. The van der Waals surface area contributed by atoms with Crippen LogP contribution in [0, 0.1) is 0 Å². The first-order chi connectivity index (χ1) is 14.7. The van der Waals surface area contributed by atoms with Gasteiger partial charge >= 0.3 is 0 Å². The highest BCUT2D eigenvalue weighted by Crippen LogP contribution is 2.28. The second-order valence-electron chi connectivity index (χ2n) is 7.06. The van der Waals surface area contributed by atoms with Crippen LogP contribution in [0.15, 0.2) is 23.2 Å². The predicted molar refractivity (Wildman–Crippen MR) is 122 cm³/mol.